The van der Waals surface area contributed by atoms with Gasteiger partial charge in [-0.3, -0.25) is 4.39 Å². The zero-order chi connectivity index (χ0) is 9.68. The second-order valence-electron chi connectivity index (χ2n) is 2.59. The van der Waals surface area contributed by atoms with E-state index in [0.717, 1.165) is 9.26 Å². The molecule has 72 valence electrons. The van der Waals surface area contributed by atoms with Crippen LogP contribution < -0.4 is 5.32 Å². The van der Waals surface area contributed by atoms with Crippen molar-refractivity contribution in [3.8, 4) is 0 Å². The van der Waals surface area contributed by atoms with E-state index in [2.05, 4.69) is 27.9 Å². The molecule has 0 bridgehead atoms. The summed E-state index contributed by atoms with van der Waals surface area (Å²) in [7, 11) is 0. The maximum atomic E-state index is 11.8. The van der Waals surface area contributed by atoms with Crippen LogP contribution in [0.5, 0.6) is 0 Å². The van der Waals surface area contributed by atoms with Gasteiger partial charge < -0.3 is 5.32 Å². The predicted molar refractivity (Wildman–Crippen MR) is 63.3 cm³/mol. The van der Waals surface area contributed by atoms with E-state index in [4.69, 9.17) is 11.6 Å². The zero-order valence-electron chi connectivity index (χ0n) is 6.99. The highest BCUT2D eigenvalue weighted by molar-refractivity contribution is 14.1. The lowest BCUT2D eigenvalue weighted by Crippen LogP contribution is -2.02. The molecule has 1 aromatic rings. The Balaban J connectivity index is 2.56. The van der Waals surface area contributed by atoms with Crippen LogP contribution in [0, 0.1) is 3.57 Å². The number of nitrogens with one attached hydrogen (secondary N) is 1. The summed E-state index contributed by atoms with van der Waals surface area (Å²) in [5, 5.41) is 3.75. The van der Waals surface area contributed by atoms with Gasteiger partial charge in [0, 0.05) is 10.1 Å². The number of alkyl halides is 1. The standard InChI is InChI=1S/C9H10ClFIN/c10-8-6-7(12)2-3-9(8)13-5-1-4-11/h2-3,6,13H,1,4-5H2. The van der Waals surface area contributed by atoms with Crippen LogP contribution in [0.25, 0.3) is 0 Å². The first-order valence-electron chi connectivity index (χ1n) is 3.99. The summed E-state index contributed by atoms with van der Waals surface area (Å²) in [6.07, 6.45) is 0.516. The number of halogens is 3. The molecule has 0 fully saturated rings. The molecule has 1 aromatic carbocycles. The summed E-state index contributed by atoms with van der Waals surface area (Å²) >= 11 is 8.14. The van der Waals surface area contributed by atoms with Crippen molar-refractivity contribution in [2.45, 2.75) is 6.42 Å². The van der Waals surface area contributed by atoms with Crippen LogP contribution in [0.2, 0.25) is 5.02 Å². The molecular weight excluding hydrogens is 303 g/mol. The minimum Gasteiger partial charge on any atom is -0.384 e. The van der Waals surface area contributed by atoms with Crippen molar-refractivity contribution in [1.82, 2.24) is 0 Å². The molecule has 1 nitrogen and oxygen atoms in total. The summed E-state index contributed by atoms with van der Waals surface area (Å²) in [5.41, 5.74) is 0.871. The Bertz CT molecular complexity index is 280. The summed E-state index contributed by atoms with van der Waals surface area (Å²) in [4.78, 5) is 0. The van der Waals surface area contributed by atoms with Gasteiger partial charge in [-0.1, -0.05) is 11.6 Å². The van der Waals surface area contributed by atoms with Crippen molar-refractivity contribution in [2.24, 2.45) is 0 Å². The van der Waals surface area contributed by atoms with Crippen LogP contribution in [0.15, 0.2) is 18.2 Å². The van der Waals surface area contributed by atoms with E-state index in [0.29, 0.717) is 18.0 Å². The Morgan fingerprint density at radius 3 is 2.85 bits per heavy atom. The minimum atomic E-state index is -0.297. The second kappa shape index (κ2) is 5.65. The number of hydrogen-bond donors (Lipinski definition) is 1. The molecule has 0 atom stereocenters. The largest absolute Gasteiger partial charge is 0.384 e. The third-order valence-electron chi connectivity index (χ3n) is 1.56. The van der Waals surface area contributed by atoms with Crippen LogP contribution in [0.4, 0.5) is 10.1 Å². The van der Waals surface area contributed by atoms with Crippen LogP contribution in [0.3, 0.4) is 0 Å². The maximum absolute atomic E-state index is 11.8. The maximum Gasteiger partial charge on any atom is 0.0911 e. The Kier molecular flexibility index (Phi) is 4.80. The monoisotopic (exact) mass is 313 g/mol. The lowest BCUT2D eigenvalue weighted by atomic mass is 10.3. The zero-order valence-corrected chi connectivity index (χ0v) is 9.90. The van der Waals surface area contributed by atoms with Gasteiger partial charge in [0.2, 0.25) is 0 Å². The Labute approximate surface area is 95.8 Å². The number of benzene rings is 1. The highest BCUT2D eigenvalue weighted by Gasteiger charge is 1.99. The van der Waals surface area contributed by atoms with E-state index < -0.39 is 0 Å². The van der Waals surface area contributed by atoms with Crippen molar-refractivity contribution in [1.29, 1.82) is 0 Å². The van der Waals surface area contributed by atoms with Gasteiger partial charge >= 0.3 is 0 Å². The summed E-state index contributed by atoms with van der Waals surface area (Å²) in [6, 6.07) is 5.74. The third-order valence-corrected chi connectivity index (χ3v) is 2.54. The van der Waals surface area contributed by atoms with Crippen LogP contribution in [-0.2, 0) is 0 Å². The smallest absolute Gasteiger partial charge is 0.0911 e. The van der Waals surface area contributed by atoms with E-state index >= 15 is 0 Å². The Morgan fingerprint density at radius 2 is 2.23 bits per heavy atom. The van der Waals surface area contributed by atoms with Crippen molar-refractivity contribution in [2.75, 3.05) is 18.5 Å². The van der Waals surface area contributed by atoms with Gasteiger partial charge in [-0.15, -0.1) is 0 Å². The number of rotatable bonds is 4. The molecule has 13 heavy (non-hydrogen) atoms. The molecule has 4 heteroatoms. The quantitative estimate of drug-likeness (QED) is 0.660. The lowest BCUT2D eigenvalue weighted by molar-refractivity contribution is 0.481. The molecule has 0 aliphatic carbocycles. The fraction of sp³-hybridized carbons (Fsp3) is 0.333. The van der Waals surface area contributed by atoms with E-state index in [1.807, 2.05) is 18.2 Å². The summed E-state index contributed by atoms with van der Waals surface area (Å²) in [5.74, 6) is 0. The van der Waals surface area contributed by atoms with Crippen molar-refractivity contribution >= 4 is 39.9 Å². The summed E-state index contributed by atoms with van der Waals surface area (Å²) < 4.78 is 12.9. The fourth-order valence-electron chi connectivity index (χ4n) is 0.923. The van der Waals surface area contributed by atoms with Crippen molar-refractivity contribution in [3.05, 3.63) is 26.8 Å². The average molecular weight is 314 g/mol. The molecule has 0 radical (unpaired) electrons. The van der Waals surface area contributed by atoms with Crippen molar-refractivity contribution in [3.63, 3.8) is 0 Å². The third kappa shape index (κ3) is 3.68. The molecule has 0 aromatic heterocycles. The average Bonchev–Trinajstić information content (AvgIpc) is 2.09. The van der Waals surface area contributed by atoms with Gasteiger partial charge in [0.05, 0.1) is 17.4 Å². The predicted octanol–water partition coefficient (Wildman–Crippen LogP) is 3.72. The van der Waals surface area contributed by atoms with Gasteiger partial charge in [-0.2, -0.15) is 0 Å². The normalized spacial score (nSPS) is 10.1. The first-order chi connectivity index (χ1) is 6.24. The molecule has 0 heterocycles. The number of hydrogen-bond acceptors (Lipinski definition) is 1. The number of anilines is 1. The van der Waals surface area contributed by atoms with E-state index in [-0.39, 0.29) is 6.67 Å². The second-order valence-corrected chi connectivity index (χ2v) is 4.25. The molecule has 0 unspecified atom stereocenters. The van der Waals surface area contributed by atoms with Gasteiger partial charge in [-0.05, 0) is 47.2 Å². The highest BCUT2D eigenvalue weighted by Crippen LogP contribution is 2.23. The highest BCUT2D eigenvalue weighted by atomic mass is 127. The van der Waals surface area contributed by atoms with Gasteiger partial charge in [-0.25, -0.2) is 0 Å². The summed E-state index contributed by atoms with van der Waals surface area (Å²) in [6.45, 7) is 0.325. The molecule has 0 aliphatic heterocycles. The van der Waals surface area contributed by atoms with Gasteiger partial charge in [0.15, 0.2) is 0 Å². The molecule has 1 rings (SSSR count). The lowest BCUT2D eigenvalue weighted by Gasteiger charge is -2.06. The molecule has 0 aliphatic rings. The van der Waals surface area contributed by atoms with E-state index in [9.17, 15) is 4.39 Å². The Morgan fingerprint density at radius 1 is 1.46 bits per heavy atom. The van der Waals surface area contributed by atoms with E-state index in [1.165, 1.54) is 0 Å². The van der Waals surface area contributed by atoms with Crippen molar-refractivity contribution < 1.29 is 4.39 Å². The molecule has 0 spiro atoms. The minimum absolute atomic E-state index is 0.297. The molecule has 1 N–H and O–H groups in total. The van der Waals surface area contributed by atoms with Crippen LogP contribution in [0.1, 0.15) is 6.42 Å². The van der Waals surface area contributed by atoms with Gasteiger partial charge in [0.1, 0.15) is 0 Å². The molecule has 0 saturated carbocycles. The SMILES string of the molecule is FCCCNc1ccc(I)cc1Cl. The topological polar surface area (TPSA) is 12.0 Å². The molecule has 0 amide bonds. The van der Waals surface area contributed by atoms with Crippen LogP contribution in [-0.4, -0.2) is 13.2 Å². The first-order valence-corrected chi connectivity index (χ1v) is 5.44. The molecule has 0 saturated heterocycles. The van der Waals surface area contributed by atoms with E-state index in [1.54, 1.807) is 0 Å². The Hall–Kier alpha value is -0.0300. The van der Waals surface area contributed by atoms with Gasteiger partial charge in [0.25, 0.3) is 0 Å². The molecular formula is C9H10ClFIN. The first kappa shape index (κ1) is 11.0. The fourth-order valence-corrected chi connectivity index (χ4v) is 1.85. The van der Waals surface area contributed by atoms with Crippen LogP contribution >= 0.6 is 34.2 Å².